The topological polar surface area (TPSA) is 61.4 Å². The average molecular weight is 352 g/mol. The highest BCUT2D eigenvalue weighted by Gasteiger charge is 2.28. The monoisotopic (exact) mass is 351 g/mol. The van der Waals surface area contributed by atoms with Crippen LogP contribution < -0.4 is 10.6 Å². The smallest absolute Gasteiger partial charge is 0.223 e. The zero-order valence-electron chi connectivity index (χ0n) is 14.2. The van der Waals surface area contributed by atoms with E-state index in [1.54, 1.807) is 0 Å². The second kappa shape index (κ2) is 9.64. The lowest BCUT2D eigenvalue weighted by molar-refractivity contribution is -0.134. The van der Waals surface area contributed by atoms with Gasteiger partial charge in [-0.15, -0.1) is 0 Å². The van der Waals surface area contributed by atoms with E-state index >= 15 is 0 Å². The number of rotatable bonds is 7. The number of halogens is 1. The van der Waals surface area contributed by atoms with Crippen LogP contribution in [0.1, 0.15) is 44.2 Å². The Morgan fingerprint density at radius 3 is 2.83 bits per heavy atom. The first-order chi connectivity index (χ1) is 11.6. The van der Waals surface area contributed by atoms with E-state index in [1.165, 1.54) is 6.92 Å². The van der Waals surface area contributed by atoms with E-state index in [-0.39, 0.29) is 17.9 Å². The fourth-order valence-electron chi connectivity index (χ4n) is 3.01. The summed E-state index contributed by atoms with van der Waals surface area (Å²) in [4.78, 5) is 25.4. The summed E-state index contributed by atoms with van der Waals surface area (Å²) in [7, 11) is 0. The molecular formula is C18H26ClN3O2. The molecule has 1 unspecified atom stereocenters. The molecule has 0 bridgehead atoms. The number of amides is 2. The van der Waals surface area contributed by atoms with Crippen molar-refractivity contribution in [3.63, 3.8) is 0 Å². The number of nitrogens with one attached hydrogen (secondary N) is 2. The van der Waals surface area contributed by atoms with E-state index in [0.29, 0.717) is 24.5 Å². The van der Waals surface area contributed by atoms with E-state index in [4.69, 9.17) is 11.6 Å². The maximum absolute atomic E-state index is 12.6. The summed E-state index contributed by atoms with van der Waals surface area (Å²) >= 11 is 6.31. The molecule has 0 aliphatic carbocycles. The standard InChI is InChI=1S/C18H26ClN3O2/c1-14(23)21-10-6-2-3-9-18(24)22-12-11-20-13-17(22)15-7-4-5-8-16(15)19/h4-5,7-8,17,20H,2-3,6,9-13H2,1H3,(H,21,23). The Kier molecular flexibility index (Phi) is 7.53. The van der Waals surface area contributed by atoms with Crippen molar-refractivity contribution in [2.45, 2.75) is 38.6 Å². The molecule has 0 spiro atoms. The van der Waals surface area contributed by atoms with Gasteiger partial charge < -0.3 is 15.5 Å². The lowest BCUT2D eigenvalue weighted by Crippen LogP contribution is -2.48. The second-order valence-electron chi connectivity index (χ2n) is 6.12. The minimum absolute atomic E-state index is 0.000621. The molecule has 0 radical (unpaired) electrons. The molecule has 1 aromatic carbocycles. The van der Waals surface area contributed by atoms with Gasteiger partial charge in [0.05, 0.1) is 6.04 Å². The fourth-order valence-corrected chi connectivity index (χ4v) is 3.27. The minimum atomic E-state index is -0.00512. The molecule has 1 aliphatic heterocycles. The van der Waals surface area contributed by atoms with Crippen LogP contribution in [0.5, 0.6) is 0 Å². The molecule has 0 aromatic heterocycles. The first kappa shape index (κ1) is 18.7. The largest absolute Gasteiger partial charge is 0.356 e. The van der Waals surface area contributed by atoms with E-state index in [0.717, 1.165) is 37.9 Å². The normalized spacial score (nSPS) is 17.6. The Morgan fingerprint density at radius 2 is 2.08 bits per heavy atom. The van der Waals surface area contributed by atoms with Crippen LogP contribution in [0.4, 0.5) is 0 Å². The molecule has 132 valence electrons. The summed E-state index contributed by atoms with van der Waals surface area (Å²) in [6.45, 7) is 4.45. The molecule has 2 N–H and O–H groups in total. The van der Waals surface area contributed by atoms with Gasteiger partial charge in [0.15, 0.2) is 0 Å². The summed E-state index contributed by atoms with van der Waals surface area (Å²) in [5.41, 5.74) is 1.00. The molecular weight excluding hydrogens is 326 g/mol. The molecule has 1 aliphatic rings. The number of unbranched alkanes of at least 4 members (excludes halogenated alkanes) is 2. The molecule has 2 amide bonds. The Labute approximate surface area is 148 Å². The van der Waals surface area contributed by atoms with Gasteiger partial charge in [-0.2, -0.15) is 0 Å². The van der Waals surface area contributed by atoms with Crippen molar-refractivity contribution in [2.24, 2.45) is 0 Å². The molecule has 1 fully saturated rings. The van der Waals surface area contributed by atoms with Crippen LogP contribution in [-0.4, -0.2) is 42.9 Å². The Hall–Kier alpha value is -1.59. The van der Waals surface area contributed by atoms with E-state index in [2.05, 4.69) is 10.6 Å². The SMILES string of the molecule is CC(=O)NCCCCCC(=O)N1CCNCC1c1ccccc1Cl. The third-order valence-corrected chi connectivity index (χ3v) is 4.61. The summed E-state index contributed by atoms with van der Waals surface area (Å²) in [6, 6.07) is 7.73. The number of carbonyl (C=O) groups is 2. The van der Waals surface area contributed by atoms with Gasteiger partial charge in [-0.1, -0.05) is 36.2 Å². The van der Waals surface area contributed by atoms with Gasteiger partial charge in [-0.25, -0.2) is 0 Å². The van der Waals surface area contributed by atoms with Gasteiger partial charge in [-0.05, 0) is 24.5 Å². The van der Waals surface area contributed by atoms with Crippen LogP contribution in [0.25, 0.3) is 0 Å². The quantitative estimate of drug-likeness (QED) is 0.742. The van der Waals surface area contributed by atoms with Crippen molar-refractivity contribution in [2.75, 3.05) is 26.2 Å². The predicted octanol–water partition coefficient (Wildman–Crippen LogP) is 2.51. The van der Waals surface area contributed by atoms with E-state index in [9.17, 15) is 9.59 Å². The summed E-state index contributed by atoms with van der Waals surface area (Å²) in [6.07, 6.45) is 3.23. The summed E-state index contributed by atoms with van der Waals surface area (Å²) in [5.74, 6) is 0.176. The number of hydrogen-bond donors (Lipinski definition) is 2. The summed E-state index contributed by atoms with van der Waals surface area (Å²) in [5, 5.41) is 6.83. The second-order valence-corrected chi connectivity index (χ2v) is 6.53. The molecule has 6 heteroatoms. The van der Waals surface area contributed by atoms with Crippen LogP contribution in [0.2, 0.25) is 5.02 Å². The van der Waals surface area contributed by atoms with Crippen LogP contribution in [0.15, 0.2) is 24.3 Å². The fraction of sp³-hybridized carbons (Fsp3) is 0.556. The van der Waals surface area contributed by atoms with Gasteiger partial charge >= 0.3 is 0 Å². The van der Waals surface area contributed by atoms with Gasteiger partial charge in [0.1, 0.15) is 0 Å². The van der Waals surface area contributed by atoms with Crippen LogP contribution in [0, 0.1) is 0 Å². The highest BCUT2D eigenvalue weighted by Crippen LogP contribution is 2.29. The number of piperazine rings is 1. The number of hydrogen-bond acceptors (Lipinski definition) is 3. The zero-order valence-corrected chi connectivity index (χ0v) is 14.9. The number of carbonyl (C=O) groups excluding carboxylic acids is 2. The van der Waals surface area contributed by atoms with Crippen molar-refractivity contribution in [1.82, 2.24) is 15.5 Å². The molecule has 1 heterocycles. The Morgan fingerprint density at radius 1 is 1.29 bits per heavy atom. The van der Waals surface area contributed by atoms with Crippen molar-refractivity contribution in [3.8, 4) is 0 Å². The van der Waals surface area contributed by atoms with Crippen molar-refractivity contribution in [3.05, 3.63) is 34.9 Å². The highest BCUT2D eigenvalue weighted by molar-refractivity contribution is 6.31. The third kappa shape index (κ3) is 5.49. The van der Waals surface area contributed by atoms with Crippen molar-refractivity contribution in [1.29, 1.82) is 0 Å². The van der Waals surface area contributed by atoms with Crippen molar-refractivity contribution >= 4 is 23.4 Å². The first-order valence-electron chi connectivity index (χ1n) is 8.58. The average Bonchev–Trinajstić information content (AvgIpc) is 2.58. The third-order valence-electron chi connectivity index (χ3n) is 4.27. The molecule has 1 saturated heterocycles. The Bertz CT molecular complexity index is 565. The highest BCUT2D eigenvalue weighted by atomic mass is 35.5. The minimum Gasteiger partial charge on any atom is -0.356 e. The maximum atomic E-state index is 12.6. The molecule has 1 atom stereocenters. The predicted molar refractivity (Wildman–Crippen MR) is 95.9 cm³/mol. The molecule has 24 heavy (non-hydrogen) atoms. The van der Waals surface area contributed by atoms with Gasteiger partial charge in [0.25, 0.3) is 0 Å². The van der Waals surface area contributed by atoms with Crippen molar-refractivity contribution < 1.29 is 9.59 Å². The van der Waals surface area contributed by atoms with Crippen LogP contribution in [-0.2, 0) is 9.59 Å². The van der Waals surface area contributed by atoms with Gasteiger partial charge in [0.2, 0.25) is 11.8 Å². The molecule has 1 aromatic rings. The maximum Gasteiger partial charge on any atom is 0.223 e. The van der Waals surface area contributed by atoms with E-state index in [1.807, 2.05) is 29.2 Å². The molecule has 5 nitrogen and oxygen atoms in total. The summed E-state index contributed by atoms with van der Waals surface area (Å²) < 4.78 is 0. The molecule has 2 rings (SSSR count). The first-order valence-corrected chi connectivity index (χ1v) is 8.96. The number of benzene rings is 1. The lowest BCUT2D eigenvalue weighted by atomic mass is 10.0. The lowest BCUT2D eigenvalue weighted by Gasteiger charge is -2.37. The van der Waals surface area contributed by atoms with Gasteiger partial charge in [0, 0.05) is 44.5 Å². The van der Waals surface area contributed by atoms with Crippen LogP contribution >= 0.6 is 11.6 Å². The zero-order chi connectivity index (χ0) is 17.4. The Balaban J connectivity index is 1.85. The molecule has 0 saturated carbocycles. The number of nitrogens with zero attached hydrogens (tertiary/aromatic N) is 1. The van der Waals surface area contributed by atoms with Crippen LogP contribution in [0.3, 0.4) is 0 Å². The van der Waals surface area contributed by atoms with Gasteiger partial charge in [-0.3, -0.25) is 9.59 Å². The van der Waals surface area contributed by atoms with E-state index < -0.39 is 0 Å².